The Kier molecular flexibility index (Phi) is 10.5. The van der Waals surface area contributed by atoms with Gasteiger partial charge in [-0.15, -0.1) is 0 Å². The predicted octanol–water partition coefficient (Wildman–Crippen LogP) is 6.38. The van der Waals surface area contributed by atoms with Crippen LogP contribution in [0.4, 0.5) is 4.39 Å². The van der Waals surface area contributed by atoms with E-state index in [0.29, 0.717) is 30.1 Å². The first kappa shape index (κ1) is 29.2. The van der Waals surface area contributed by atoms with Crippen molar-refractivity contribution in [3.8, 4) is 6.07 Å². The summed E-state index contributed by atoms with van der Waals surface area (Å²) in [4.78, 5) is 14.5. The van der Waals surface area contributed by atoms with Gasteiger partial charge in [0.05, 0.1) is 5.56 Å². The summed E-state index contributed by atoms with van der Waals surface area (Å²) in [5, 5.41) is 22.2. The molecule has 4 rings (SSSR count). The highest BCUT2D eigenvalue weighted by Gasteiger charge is 2.38. The minimum atomic E-state index is -0.741. The quantitative estimate of drug-likeness (QED) is 0.331. The Morgan fingerprint density at radius 3 is 2.54 bits per heavy atom. The number of benzene rings is 2. The highest BCUT2D eigenvalue weighted by molar-refractivity contribution is 5.73. The van der Waals surface area contributed by atoms with Gasteiger partial charge in [-0.3, -0.25) is 4.79 Å². The third-order valence-corrected chi connectivity index (χ3v) is 8.80. The number of nitrogens with one attached hydrogen (secondary N) is 1. The molecular weight excluding hydrogens is 489 g/mol. The summed E-state index contributed by atoms with van der Waals surface area (Å²) in [5.41, 5.74) is 2.46. The van der Waals surface area contributed by atoms with Crippen LogP contribution in [0, 0.1) is 34.9 Å². The number of carboxylic acids is 1. The fourth-order valence-corrected chi connectivity index (χ4v) is 6.76. The number of hydrogen-bond donors (Lipinski definition) is 2. The van der Waals surface area contributed by atoms with E-state index in [0.717, 1.165) is 57.3 Å². The Bertz CT molecular complexity index is 1110. The van der Waals surface area contributed by atoms with Crippen molar-refractivity contribution < 1.29 is 14.3 Å². The van der Waals surface area contributed by atoms with Crippen molar-refractivity contribution in [3.05, 3.63) is 71.0 Å². The molecule has 39 heavy (non-hydrogen) atoms. The third-order valence-electron chi connectivity index (χ3n) is 8.80. The van der Waals surface area contributed by atoms with Crippen LogP contribution in [0.15, 0.2) is 48.5 Å². The summed E-state index contributed by atoms with van der Waals surface area (Å²) in [7, 11) is 0. The SMILES string of the molecule is CC(C)C[C@@H](NC1CC(CN2CCC(CCCc3ccc(C#N)c(F)c3)CC2)C(c2ccccc2)C1)C(=O)O. The molecule has 2 N–H and O–H groups in total. The number of nitriles is 1. The summed E-state index contributed by atoms with van der Waals surface area (Å²) in [6.45, 7) is 7.45. The molecule has 1 aliphatic heterocycles. The average Bonchev–Trinajstić information content (AvgIpc) is 3.31. The zero-order chi connectivity index (χ0) is 27.8. The van der Waals surface area contributed by atoms with Gasteiger partial charge in [0.15, 0.2) is 0 Å². The maximum atomic E-state index is 13.9. The van der Waals surface area contributed by atoms with Gasteiger partial charge in [-0.25, -0.2) is 4.39 Å². The number of rotatable bonds is 12. The lowest BCUT2D eigenvalue weighted by Crippen LogP contribution is -2.43. The average molecular weight is 534 g/mol. The van der Waals surface area contributed by atoms with Crippen molar-refractivity contribution in [1.82, 2.24) is 10.2 Å². The molecule has 6 heteroatoms. The maximum Gasteiger partial charge on any atom is 0.320 e. The molecule has 210 valence electrons. The maximum absolute atomic E-state index is 13.9. The molecule has 1 heterocycles. The van der Waals surface area contributed by atoms with Crippen LogP contribution in [-0.2, 0) is 11.2 Å². The van der Waals surface area contributed by atoms with Crippen LogP contribution >= 0.6 is 0 Å². The van der Waals surface area contributed by atoms with Crippen LogP contribution in [0.25, 0.3) is 0 Å². The molecule has 2 aromatic rings. The molecule has 0 aromatic heterocycles. The molecular formula is C33H44FN3O2. The van der Waals surface area contributed by atoms with Gasteiger partial charge in [-0.2, -0.15) is 5.26 Å². The summed E-state index contributed by atoms with van der Waals surface area (Å²) in [6, 6.07) is 17.4. The molecule has 0 radical (unpaired) electrons. The van der Waals surface area contributed by atoms with E-state index < -0.39 is 17.8 Å². The van der Waals surface area contributed by atoms with Crippen molar-refractivity contribution in [2.45, 2.75) is 83.2 Å². The molecule has 2 aliphatic rings. The molecule has 2 fully saturated rings. The second-order valence-electron chi connectivity index (χ2n) is 12.2. The Labute approximate surface area is 233 Å². The van der Waals surface area contributed by atoms with Gasteiger partial charge >= 0.3 is 5.97 Å². The Morgan fingerprint density at radius 2 is 1.90 bits per heavy atom. The minimum absolute atomic E-state index is 0.113. The minimum Gasteiger partial charge on any atom is -0.480 e. The number of halogens is 1. The van der Waals surface area contributed by atoms with Gasteiger partial charge in [0.1, 0.15) is 17.9 Å². The number of likely N-dealkylation sites (tertiary alicyclic amines) is 1. The Morgan fingerprint density at radius 1 is 1.15 bits per heavy atom. The molecule has 1 saturated carbocycles. The third kappa shape index (κ3) is 8.37. The zero-order valence-electron chi connectivity index (χ0n) is 23.5. The normalized spacial score (nSPS) is 23.1. The summed E-state index contributed by atoms with van der Waals surface area (Å²) >= 11 is 0. The number of carbonyl (C=O) groups is 1. The van der Waals surface area contributed by atoms with Crippen molar-refractivity contribution in [3.63, 3.8) is 0 Å². The number of nitrogens with zero attached hydrogens (tertiary/aromatic N) is 2. The van der Waals surface area contributed by atoms with Crippen molar-refractivity contribution in [2.24, 2.45) is 17.8 Å². The first-order valence-corrected chi connectivity index (χ1v) is 14.8. The molecule has 4 atom stereocenters. The number of hydrogen-bond acceptors (Lipinski definition) is 4. The van der Waals surface area contributed by atoms with Gasteiger partial charge < -0.3 is 15.3 Å². The first-order chi connectivity index (χ1) is 18.8. The lowest BCUT2D eigenvalue weighted by Gasteiger charge is -2.35. The van der Waals surface area contributed by atoms with Gasteiger partial charge in [-0.05, 0) is 105 Å². The van der Waals surface area contributed by atoms with Crippen molar-refractivity contribution >= 4 is 5.97 Å². The van der Waals surface area contributed by atoms with Gasteiger partial charge in [0.25, 0.3) is 0 Å². The Balaban J connectivity index is 1.28. The number of aliphatic carboxylic acids is 1. The second-order valence-corrected chi connectivity index (χ2v) is 12.2. The fraction of sp³-hybridized carbons (Fsp3) is 0.576. The fourth-order valence-electron chi connectivity index (χ4n) is 6.76. The van der Waals surface area contributed by atoms with E-state index in [4.69, 9.17) is 5.26 Å². The molecule has 1 aliphatic carbocycles. The smallest absolute Gasteiger partial charge is 0.320 e. The lowest BCUT2D eigenvalue weighted by atomic mass is 9.87. The number of carboxylic acid groups (broad SMARTS) is 1. The molecule has 2 aromatic carbocycles. The van der Waals surface area contributed by atoms with Crippen molar-refractivity contribution in [1.29, 1.82) is 5.26 Å². The summed E-state index contributed by atoms with van der Waals surface area (Å²) < 4.78 is 13.9. The van der Waals surface area contributed by atoms with Gasteiger partial charge in [0.2, 0.25) is 0 Å². The summed E-state index contributed by atoms with van der Waals surface area (Å²) in [5.74, 6) is 0.852. The zero-order valence-corrected chi connectivity index (χ0v) is 23.5. The van der Waals surface area contributed by atoms with Crippen LogP contribution < -0.4 is 5.32 Å². The standard InChI is InChI=1S/C33H44FN3O2/c1-23(2)17-32(33(38)39)36-29-19-28(30(20-29)26-9-4-3-5-10-26)22-37-15-13-24(14-16-37)7-6-8-25-11-12-27(21-35)31(34)18-25/h3-5,9-12,18,23-24,28-30,32,36H,6-8,13-17,19-20,22H2,1-2H3,(H,38,39)/t28?,29?,30?,32-/m1/s1. The van der Waals surface area contributed by atoms with Crippen molar-refractivity contribution in [2.75, 3.05) is 19.6 Å². The van der Waals surface area contributed by atoms with Crippen LogP contribution in [0.3, 0.4) is 0 Å². The van der Waals surface area contributed by atoms with Gasteiger partial charge in [-0.1, -0.05) is 56.7 Å². The molecule has 5 nitrogen and oxygen atoms in total. The topological polar surface area (TPSA) is 76.4 Å². The van der Waals surface area contributed by atoms with E-state index in [9.17, 15) is 14.3 Å². The van der Waals surface area contributed by atoms with Crippen LogP contribution in [0.1, 0.15) is 81.4 Å². The van der Waals surface area contributed by atoms with Crippen LogP contribution in [0.2, 0.25) is 0 Å². The Hall–Kier alpha value is -2.75. The van der Waals surface area contributed by atoms with E-state index in [1.54, 1.807) is 6.07 Å². The second kappa shape index (κ2) is 14.1. The molecule has 3 unspecified atom stereocenters. The first-order valence-electron chi connectivity index (χ1n) is 14.8. The molecule has 0 amide bonds. The van der Waals surface area contributed by atoms with E-state index in [1.807, 2.05) is 12.1 Å². The highest BCUT2D eigenvalue weighted by Crippen LogP contribution is 2.41. The van der Waals surface area contributed by atoms with Crippen LogP contribution in [-0.4, -0.2) is 47.7 Å². The molecule has 0 bridgehead atoms. The monoisotopic (exact) mass is 533 g/mol. The number of piperidine rings is 1. The van der Waals surface area contributed by atoms with E-state index in [2.05, 4.69) is 54.4 Å². The van der Waals surface area contributed by atoms with E-state index in [1.165, 1.54) is 24.5 Å². The molecule has 1 saturated heterocycles. The van der Waals surface area contributed by atoms with E-state index in [-0.39, 0.29) is 11.6 Å². The largest absolute Gasteiger partial charge is 0.480 e. The molecule has 0 spiro atoms. The number of aryl methyl sites for hydroxylation is 1. The summed E-state index contributed by atoms with van der Waals surface area (Å²) in [6.07, 6.45) is 8.11. The van der Waals surface area contributed by atoms with E-state index >= 15 is 0 Å². The predicted molar refractivity (Wildman–Crippen MR) is 153 cm³/mol. The van der Waals surface area contributed by atoms with Gasteiger partial charge in [0, 0.05) is 12.6 Å². The lowest BCUT2D eigenvalue weighted by molar-refractivity contribution is -0.140. The van der Waals surface area contributed by atoms with Crippen LogP contribution in [0.5, 0.6) is 0 Å². The highest BCUT2D eigenvalue weighted by atomic mass is 19.1.